The first-order valence-corrected chi connectivity index (χ1v) is 12.1. The molecule has 32 heavy (non-hydrogen) atoms. The van der Waals surface area contributed by atoms with Gasteiger partial charge in [0.15, 0.2) is 0 Å². The number of aromatic amines is 1. The Hall–Kier alpha value is -2.43. The van der Waals surface area contributed by atoms with Gasteiger partial charge in [-0.05, 0) is 0 Å². The molecule has 174 valence electrons. The van der Waals surface area contributed by atoms with Crippen molar-refractivity contribution in [3.05, 3.63) is 38.5 Å². The van der Waals surface area contributed by atoms with Gasteiger partial charge in [-0.15, -0.1) is 0 Å². The number of fused-ring (bicyclic) bond motifs is 2. The molecule has 1 fully saturated rings. The van der Waals surface area contributed by atoms with Crippen molar-refractivity contribution < 1.29 is 18.1 Å². The van der Waals surface area contributed by atoms with Gasteiger partial charge in [0.2, 0.25) is 0 Å². The molecule has 3 aliphatic heterocycles. The molecule has 1 aromatic carbocycles. The van der Waals surface area contributed by atoms with Gasteiger partial charge in [0, 0.05) is 0 Å². The van der Waals surface area contributed by atoms with Gasteiger partial charge in [0.1, 0.15) is 0 Å². The van der Waals surface area contributed by atoms with E-state index in [0.717, 1.165) is 36.0 Å². The normalized spacial score (nSPS) is 16.2. The monoisotopic (exact) mass is 465 g/mol. The van der Waals surface area contributed by atoms with Crippen molar-refractivity contribution in [3.63, 3.8) is 0 Å². The van der Waals surface area contributed by atoms with Crippen LogP contribution in [0.2, 0.25) is 0 Å². The summed E-state index contributed by atoms with van der Waals surface area (Å²) < 4.78 is 23.3. The minimum atomic E-state index is -2.85. The van der Waals surface area contributed by atoms with Crippen LogP contribution in [0, 0.1) is 6.92 Å². The number of benzene rings is 1. The Morgan fingerprint density at radius 2 is 1.97 bits per heavy atom. The van der Waals surface area contributed by atoms with Crippen molar-refractivity contribution in [2.24, 2.45) is 0 Å². The quantitative estimate of drug-likeness (QED) is 0.288. The average Bonchev–Trinajstić information content (AvgIpc) is 2.71. The van der Waals surface area contributed by atoms with Gasteiger partial charge in [0.25, 0.3) is 0 Å². The molecular formula is C20H28N5O6P. The predicted molar refractivity (Wildman–Crippen MR) is 122 cm³/mol. The zero-order valence-corrected chi connectivity index (χ0v) is 19.6. The Balaban J connectivity index is 1.59. The van der Waals surface area contributed by atoms with E-state index in [1.807, 2.05) is 42.6 Å². The third-order valence-electron chi connectivity index (χ3n) is 5.43. The summed E-state index contributed by atoms with van der Waals surface area (Å²) in [5.74, 6) is 0.290. The van der Waals surface area contributed by atoms with Crippen LogP contribution in [0.1, 0.15) is 24.8 Å². The van der Waals surface area contributed by atoms with E-state index in [0.29, 0.717) is 18.7 Å². The number of aryl methyl sites for hydroxylation is 2. The molecule has 0 saturated carbocycles. The summed E-state index contributed by atoms with van der Waals surface area (Å²) in [5.41, 5.74) is 2.52. The maximum atomic E-state index is 12.4. The van der Waals surface area contributed by atoms with E-state index in [1.54, 1.807) is 0 Å². The van der Waals surface area contributed by atoms with E-state index in [-0.39, 0.29) is 18.3 Å². The summed E-state index contributed by atoms with van der Waals surface area (Å²) in [5, 5.41) is 0. The van der Waals surface area contributed by atoms with E-state index in [9.17, 15) is 9.59 Å². The van der Waals surface area contributed by atoms with Gasteiger partial charge in [0.05, 0.1) is 0 Å². The van der Waals surface area contributed by atoms with Crippen LogP contribution in [-0.4, -0.2) is 54.1 Å². The van der Waals surface area contributed by atoms with E-state index in [4.69, 9.17) is 18.1 Å². The second-order valence-electron chi connectivity index (χ2n) is 7.85. The molecule has 0 atom stereocenters. The van der Waals surface area contributed by atoms with Gasteiger partial charge in [-0.25, -0.2) is 0 Å². The number of nitrogens with zero attached hydrogens (tertiary/aromatic N) is 4. The SMILES string of the molecule is CO[PH]1(OCCCCCn2c3nc(=O)[nH]c(=O)c-3nc3cc(C)c(N(C)C)cc32)OCO1. The predicted octanol–water partition coefficient (Wildman–Crippen LogP) is 2.21. The fourth-order valence-corrected chi connectivity index (χ4v) is 5.03. The minimum absolute atomic E-state index is 0.157. The molecule has 0 aliphatic carbocycles. The third-order valence-corrected chi connectivity index (χ3v) is 7.44. The topological polar surface area (TPSA) is 121 Å². The van der Waals surface area contributed by atoms with Crippen LogP contribution >= 0.6 is 8.17 Å². The molecule has 1 N–H and O–H groups in total. The molecule has 0 bridgehead atoms. The third kappa shape index (κ3) is 4.39. The van der Waals surface area contributed by atoms with Crippen LogP contribution < -0.4 is 16.1 Å². The second kappa shape index (κ2) is 9.21. The summed E-state index contributed by atoms with van der Waals surface area (Å²) in [4.78, 5) is 37.1. The Morgan fingerprint density at radius 1 is 1.19 bits per heavy atom. The van der Waals surface area contributed by atoms with Gasteiger partial charge < -0.3 is 0 Å². The number of anilines is 1. The summed E-state index contributed by atoms with van der Waals surface area (Å²) in [6.45, 7) is 3.25. The molecule has 0 amide bonds. The van der Waals surface area contributed by atoms with E-state index in [2.05, 4.69) is 15.0 Å². The van der Waals surface area contributed by atoms with Crippen molar-refractivity contribution >= 4 is 24.9 Å². The summed E-state index contributed by atoms with van der Waals surface area (Å²) >= 11 is 0. The summed E-state index contributed by atoms with van der Waals surface area (Å²) in [6.07, 6.45) is 2.43. The van der Waals surface area contributed by atoms with Gasteiger partial charge in [-0.3, -0.25) is 0 Å². The first kappa shape index (κ1) is 22.8. The van der Waals surface area contributed by atoms with E-state index >= 15 is 0 Å². The molecule has 0 aromatic heterocycles. The first-order valence-electron chi connectivity index (χ1n) is 10.4. The van der Waals surface area contributed by atoms with Crippen LogP contribution in [0.3, 0.4) is 0 Å². The van der Waals surface area contributed by atoms with E-state index < -0.39 is 19.4 Å². The summed E-state index contributed by atoms with van der Waals surface area (Å²) in [6, 6.07) is 3.97. The van der Waals surface area contributed by atoms with Gasteiger partial charge in [-0.2, -0.15) is 0 Å². The zero-order valence-electron chi connectivity index (χ0n) is 18.6. The molecule has 1 saturated heterocycles. The van der Waals surface area contributed by atoms with Crippen molar-refractivity contribution in [2.45, 2.75) is 32.7 Å². The van der Waals surface area contributed by atoms with Crippen molar-refractivity contribution in [1.82, 2.24) is 19.5 Å². The maximum absolute atomic E-state index is 12.4. The van der Waals surface area contributed by atoms with Gasteiger partial charge >= 0.3 is 185 Å². The Labute approximate surface area is 185 Å². The molecule has 12 heteroatoms. The second-order valence-corrected chi connectivity index (χ2v) is 10.1. The van der Waals surface area contributed by atoms with Crippen molar-refractivity contribution in [1.29, 1.82) is 0 Å². The Kier molecular flexibility index (Phi) is 6.55. The molecule has 0 unspecified atom stereocenters. The number of nitrogens with one attached hydrogen (secondary N) is 1. The number of unbranched alkanes of at least 4 members (excludes halogenated alkanes) is 2. The van der Waals surface area contributed by atoms with Crippen LogP contribution in [0.25, 0.3) is 22.6 Å². The van der Waals surface area contributed by atoms with Crippen molar-refractivity contribution in [3.8, 4) is 11.5 Å². The molecule has 3 heterocycles. The van der Waals surface area contributed by atoms with Crippen LogP contribution in [-0.2, 0) is 24.6 Å². The number of aromatic nitrogens is 4. The molecule has 11 nitrogen and oxygen atoms in total. The number of H-pyrrole nitrogens is 1. The van der Waals surface area contributed by atoms with Crippen LogP contribution in [0.15, 0.2) is 21.7 Å². The first-order chi connectivity index (χ1) is 15.3. The number of rotatable bonds is 9. The van der Waals surface area contributed by atoms with Gasteiger partial charge in [-0.1, -0.05) is 0 Å². The molecule has 1 aromatic rings. The average molecular weight is 465 g/mol. The summed E-state index contributed by atoms with van der Waals surface area (Å²) in [7, 11) is 2.61. The number of hydrogen-bond donors (Lipinski definition) is 1. The van der Waals surface area contributed by atoms with Crippen molar-refractivity contribution in [2.75, 3.05) is 39.5 Å². The standard InChI is InChI=1S/C20H28N5O6P/c1-13-10-14-16(11-15(13)24(2)3)25(18-17(21-14)19(26)23-20(27)22-18)8-6-5-7-9-29-32(28-4)30-12-31-32/h10-11,32H,5-9,12H2,1-4H3,(H,23,26,27). The Bertz CT molecular complexity index is 1200. The van der Waals surface area contributed by atoms with Crippen LogP contribution in [0.5, 0.6) is 0 Å². The zero-order chi connectivity index (χ0) is 22.9. The fourth-order valence-electron chi connectivity index (χ4n) is 3.80. The number of hydrogen-bond acceptors (Lipinski definition) is 9. The van der Waals surface area contributed by atoms with Crippen LogP contribution in [0.4, 0.5) is 5.69 Å². The fraction of sp³-hybridized carbons (Fsp3) is 0.500. The molecule has 4 rings (SSSR count). The molecule has 0 radical (unpaired) electrons. The molecular weight excluding hydrogens is 437 g/mol. The Morgan fingerprint density at radius 3 is 2.62 bits per heavy atom. The van der Waals surface area contributed by atoms with E-state index in [1.165, 1.54) is 7.11 Å². The molecule has 3 aliphatic rings. The molecule has 0 spiro atoms.